The highest BCUT2D eigenvalue weighted by molar-refractivity contribution is 5.49. The highest BCUT2D eigenvalue weighted by Gasteiger charge is 2.35. The average Bonchev–Trinajstić information content (AvgIpc) is 2.44. The molecule has 0 bridgehead atoms. The molecule has 1 aliphatic carbocycles. The van der Waals surface area contributed by atoms with Crippen LogP contribution in [0.5, 0.6) is 5.75 Å². The summed E-state index contributed by atoms with van der Waals surface area (Å²) in [6, 6.07) is 1.69. The van der Waals surface area contributed by atoms with Crippen LogP contribution in [0, 0.1) is 19.7 Å². The Balaban J connectivity index is 2.57. The Morgan fingerprint density at radius 1 is 1.21 bits per heavy atom. The summed E-state index contributed by atoms with van der Waals surface area (Å²) >= 11 is 0. The maximum absolute atomic E-state index is 14.1. The molecule has 0 amide bonds. The summed E-state index contributed by atoms with van der Waals surface area (Å²) in [6.07, 6.45) is 5.71. The van der Waals surface area contributed by atoms with E-state index in [0.29, 0.717) is 17.9 Å². The molecule has 0 saturated heterocycles. The summed E-state index contributed by atoms with van der Waals surface area (Å²) in [4.78, 5) is 0. The van der Waals surface area contributed by atoms with Crippen LogP contribution in [0.2, 0.25) is 0 Å². The van der Waals surface area contributed by atoms with Gasteiger partial charge in [0.15, 0.2) is 0 Å². The van der Waals surface area contributed by atoms with Crippen LogP contribution < -0.4 is 10.5 Å². The molecule has 2 nitrogen and oxygen atoms in total. The molecule has 0 aromatic heterocycles. The standard InChI is InChI=1S/C16H24FNO/c1-11-13(9-14(17)12(2)15(11)19-3)16(10-18)7-5-4-6-8-16/h9H,4-8,10,18H2,1-3H3. The first-order valence-corrected chi connectivity index (χ1v) is 7.10. The maximum Gasteiger partial charge on any atom is 0.130 e. The molecular formula is C16H24FNO. The van der Waals surface area contributed by atoms with E-state index in [1.807, 2.05) is 6.92 Å². The van der Waals surface area contributed by atoms with Crippen LogP contribution in [0.1, 0.15) is 48.8 Å². The van der Waals surface area contributed by atoms with Crippen molar-refractivity contribution < 1.29 is 9.13 Å². The Morgan fingerprint density at radius 3 is 2.37 bits per heavy atom. The molecule has 2 N–H and O–H groups in total. The lowest BCUT2D eigenvalue weighted by Gasteiger charge is -2.38. The van der Waals surface area contributed by atoms with Crippen LogP contribution in [0.25, 0.3) is 0 Å². The number of benzene rings is 1. The number of nitrogens with two attached hydrogens (primary N) is 1. The monoisotopic (exact) mass is 265 g/mol. The van der Waals surface area contributed by atoms with Gasteiger partial charge in [0.1, 0.15) is 11.6 Å². The van der Waals surface area contributed by atoms with Crippen molar-refractivity contribution in [3.63, 3.8) is 0 Å². The van der Waals surface area contributed by atoms with Gasteiger partial charge in [0, 0.05) is 17.5 Å². The predicted molar refractivity (Wildman–Crippen MR) is 76.2 cm³/mol. The van der Waals surface area contributed by atoms with Gasteiger partial charge < -0.3 is 10.5 Å². The third-order valence-corrected chi connectivity index (χ3v) is 4.69. The fourth-order valence-electron chi connectivity index (χ4n) is 3.52. The van der Waals surface area contributed by atoms with Crippen molar-refractivity contribution in [2.24, 2.45) is 5.73 Å². The second kappa shape index (κ2) is 5.49. The van der Waals surface area contributed by atoms with E-state index < -0.39 is 0 Å². The van der Waals surface area contributed by atoms with E-state index in [4.69, 9.17) is 10.5 Å². The fourth-order valence-corrected chi connectivity index (χ4v) is 3.52. The zero-order valence-corrected chi connectivity index (χ0v) is 12.2. The molecule has 0 unspecified atom stereocenters. The van der Waals surface area contributed by atoms with Crippen molar-refractivity contribution in [3.05, 3.63) is 28.6 Å². The largest absolute Gasteiger partial charge is 0.496 e. The second-order valence-electron chi connectivity index (χ2n) is 5.73. The molecule has 2 rings (SSSR count). The van der Waals surface area contributed by atoms with Gasteiger partial charge in [-0.3, -0.25) is 0 Å². The summed E-state index contributed by atoms with van der Waals surface area (Å²) in [5.74, 6) is 0.490. The summed E-state index contributed by atoms with van der Waals surface area (Å²) in [7, 11) is 1.61. The van der Waals surface area contributed by atoms with E-state index in [9.17, 15) is 4.39 Å². The molecule has 0 radical (unpaired) electrons. The molecule has 0 spiro atoms. The molecule has 19 heavy (non-hydrogen) atoms. The van der Waals surface area contributed by atoms with Crippen molar-refractivity contribution in [1.82, 2.24) is 0 Å². The van der Waals surface area contributed by atoms with Gasteiger partial charge in [-0.25, -0.2) is 4.39 Å². The minimum atomic E-state index is -0.184. The second-order valence-corrected chi connectivity index (χ2v) is 5.73. The summed E-state index contributed by atoms with van der Waals surface area (Å²) < 4.78 is 19.5. The number of hydrogen-bond acceptors (Lipinski definition) is 2. The molecule has 1 saturated carbocycles. The molecule has 0 atom stereocenters. The average molecular weight is 265 g/mol. The summed E-state index contributed by atoms with van der Waals surface area (Å²) in [5.41, 5.74) is 8.68. The Kier molecular flexibility index (Phi) is 4.14. The molecule has 1 aliphatic rings. The van der Waals surface area contributed by atoms with Crippen LogP contribution in [-0.2, 0) is 5.41 Å². The van der Waals surface area contributed by atoms with Gasteiger partial charge in [-0.2, -0.15) is 0 Å². The molecule has 0 aliphatic heterocycles. The highest BCUT2D eigenvalue weighted by Crippen LogP contribution is 2.43. The SMILES string of the molecule is COc1c(C)c(F)cc(C2(CN)CCCCC2)c1C. The van der Waals surface area contributed by atoms with Crippen LogP contribution in [0.4, 0.5) is 4.39 Å². The highest BCUT2D eigenvalue weighted by atomic mass is 19.1. The smallest absolute Gasteiger partial charge is 0.130 e. The zero-order valence-electron chi connectivity index (χ0n) is 12.2. The first kappa shape index (κ1) is 14.3. The summed E-state index contributed by atoms with van der Waals surface area (Å²) in [6.45, 7) is 4.37. The van der Waals surface area contributed by atoms with Crippen LogP contribution in [0.3, 0.4) is 0 Å². The number of halogens is 1. The predicted octanol–water partition coefficient (Wildman–Crippen LogP) is 3.61. The number of methoxy groups -OCH3 is 1. The molecule has 106 valence electrons. The van der Waals surface area contributed by atoms with Crippen LogP contribution >= 0.6 is 0 Å². The van der Waals surface area contributed by atoms with Gasteiger partial charge in [-0.05, 0) is 43.9 Å². The topological polar surface area (TPSA) is 35.2 Å². The van der Waals surface area contributed by atoms with Gasteiger partial charge >= 0.3 is 0 Å². The van der Waals surface area contributed by atoms with E-state index in [1.54, 1.807) is 20.1 Å². The van der Waals surface area contributed by atoms with Gasteiger partial charge in [0.2, 0.25) is 0 Å². The van der Waals surface area contributed by atoms with Crippen molar-refractivity contribution in [1.29, 1.82) is 0 Å². The van der Waals surface area contributed by atoms with Gasteiger partial charge in [0.05, 0.1) is 7.11 Å². The van der Waals surface area contributed by atoms with E-state index in [0.717, 1.165) is 24.0 Å². The minimum absolute atomic E-state index is 0.0653. The lowest BCUT2D eigenvalue weighted by Crippen LogP contribution is -2.38. The lowest BCUT2D eigenvalue weighted by molar-refractivity contribution is 0.296. The minimum Gasteiger partial charge on any atom is -0.496 e. The quantitative estimate of drug-likeness (QED) is 0.906. The number of rotatable bonds is 3. The Labute approximate surface area is 115 Å². The first-order valence-electron chi connectivity index (χ1n) is 7.10. The third-order valence-electron chi connectivity index (χ3n) is 4.69. The Morgan fingerprint density at radius 2 is 1.84 bits per heavy atom. The normalized spacial score (nSPS) is 18.4. The first-order chi connectivity index (χ1) is 9.05. The third kappa shape index (κ3) is 2.36. The van der Waals surface area contributed by atoms with Gasteiger partial charge in [-0.1, -0.05) is 19.3 Å². The van der Waals surface area contributed by atoms with Crippen LogP contribution in [0.15, 0.2) is 6.07 Å². The molecule has 1 aromatic rings. The van der Waals surface area contributed by atoms with Crippen molar-refractivity contribution in [2.45, 2.75) is 51.4 Å². The zero-order chi connectivity index (χ0) is 14.0. The fraction of sp³-hybridized carbons (Fsp3) is 0.625. The number of hydrogen-bond donors (Lipinski definition) is 1. The molecule has 3 heteroatoms. The van der Waals surface area contributed by atoms with E-state index in [-0.39, 0.29) is 11.2 Å². The van der Waals surface area contributed by atoms with E-state index >= 15 is 0 Å². The Bertz CT molecular complexity index is 464. The molecule has 1 fully saturated rings. The van der Waals surface area contributed by atoms with Crippen molar-refractivity contribution in [3.8, 4) is 5.75 Å². The van der Waals surface area contributed by atoms with Crippen LogP contribution in [-0.4, -0.2) is 13.7 Å². The molecular weight excluding hydrogens is 241 g/mol. The molecule has 1 aromatic carbocycles. The van der Waals surface area contributed by atoms with E-state index in [2.05, 4.69) is 0 Å². The lowest BCUT2D eigenvalue weighted by atomic mass is 9.68. The van der Waals surface area contributed by atoms with Gasteiger partial charge in [0.25, 0.3) is 0 Å². The molecule has 0 heterocycles. The number of ether oxygens (including phenoxy) is 1. The Hall–Kier alpha value is -1.09. The summed E-state index contributed by atoms with van der Waals surface area (Å²) in [5, 5.41) is 0. The van der Waals surface area contributed by atoms with E-state index in [1.165, 1.54) is 19.3 Å². The van der Waals surface area contributed by atoms with Gasteiger partial charge in [-0.15, -0.1) is 0 Å². The maximum atomic E-state index is 14.1. The van der Waals surface area contributed by atoms with Crippen molar-refractivity contribution in [2.75, 3.05) is 13.7 Å². The van der Waals surface area contributed by atoms with Crippen molar-refractivity contribution >= 4 is 0 Å².